The number of hydrogen-bond acceptors (Lipinski definition) is 3. The normalized spacial score (nSPS) is 16.2. The summed E-state index contributed by atoms with van der Waals surface area (Å²) in [5.74, 6) is 1.76. The fourth-order valence-corrected chi connectivity index (χ4v) is 3.94. The molecule has 0 bridgehead atoms. The lowest BCUT2D eigenvalue weighted by Gasteiger charge is -2.26. The van der Waals surface area contributed by atoms with Crippen LogP contribution in [0, 0.1) is 5.92 Å². The smallest absolute Gasteiger partial charge is 0.193 e. The molecule has 1 aromatic heterocycles. The van der Waals surface area contributed by atoms with E-state index in [9.17, 15) is 0 Å². The first kappa shape index (κ1) is 20.2. The molecule has 22 heavy (non-hydrogen) atoms. The van der Waals surface area contributed by atoms with Gasteiger partial charge in [-0.2, -0.15) is 0 Å². The second-order valence-corrected chi connectivity index (χ2v) is 7.92. The first-order valence-electron chi connectivity index (χ1n) is 7.42. The zero-order valence-corrected chi connectivity index (χ0v) is 17.9. The van der Waals surface area contributed by atoms with E-state index in [0.717, 1.165) is 38.2 Å². The van der Waals surface area contributed by atoms with Crippen molar-refractivity contribution in [1.29, 1.82) is 0 Å². The maximum atomic E-state index is 5.41. The number of rotatable bonds is 5. The predicted molar refractivity (Wildman–Crippen MR) is 108 cm³/mol. The summed E-state index contributed by atoms with van der Waals surface area (Å²) in [5.41, 5.74) is 0. The molecule has 0 amide bonds. The van der Waals surface area contributed by atoms with Crippen LogP contribution in [0.4, 0.5) is 0 Å². The lowest BCUT2D eigenvalue weighted by Crippen LogP contribution is -2.39. The quantitative estimate of drug-likeness (QED) is 0.377. The zero-order valence-electron chi connectivity index (χ0n) is 13.2. The molecule has 7 heteroatoms. The van der Waals surface area contributed by atoms with Crippen LogP contribution in [0.15, 0.2) is 20.9 Å². The minimum atomic E-state index is 0. The molecule has 1 saturated heterocycles. The van der Waals surface area contributed by atoms with Gasteiger partial charge in [0.15, 0.2) is 5.96 Å². The molecular weight excluding hydrogens is 477 g/mol. The molecule has 0 saturated carbocycles. The average Bonchev–Trinajstić information content (AvgIpc) is 2.92. The largest absolute Gasteiger partial charge is 0.381 e. The second kappa shape index (κ2) is 10.8. The minimum Gasteiger partial charge on any atom is -0.381 e. The summed E-state index contributed by atoms with van der Waals surface area (Å²) in [5, 5.41) is 3.43. The molecule has 126 valence electrons. The van der Waals surface area contributed by atoms with Gasteiger partial charge in [0.2, 0.25) is 0 Å². The van der Waals surface area contributed by atoms with Crippen LogP contribution in [-0.2, 0) is 11.3 Å². The molecule has 0 aromatic carbocycles. The van der Waals surface area contributed by atoms with E-state index in [0.29, 0.717) is 0 Å². The lowest BCUT2D eigenvalue weighted by atomic mass is 9.96. The lowest BCUT2D eigenvalue weighted by molar-refractivity contribution is 0.0625. The van der Waals surface area contributed by atoms with Crippen molar-refractivity contribution in [3.63, 3.8) is 0 Å². The number of halogens is 2. The SMILES string of the molecule is CN=C(NCc1ccc(Br)s1)N(C)CCC1CCOCC1.I. The van der Waals surface area contributed by atoms with Crippen molar-refractivity contribution in [3.05, 3.63) is 20.8 Å². The molecule has 4 nitrogen and oxygen atoms in total. The van der Waals surface area contributed by atoms with Gasteiger partial charge in [0, 0.05) is 38.7 Å². The van der Waals surface area contributed by atoms with E-state index in [-0.39, 0.29) is 24.0 Å². The molecule has 1 aliphatic rings. The summed E-state index contributed by atoms with van der Waals surface area (Å²) in [6.07, 6.45) is 3.61. The number of ether oxygens (including phenoxy) is 1. The van der Waals surface area contributed by atoms with Crippen LogP contribution in [-0.4, -0.2) is 44.7 Å². The number of guanidine groups is 1. The van der Waals surface area contributed by atoms with Gasteiger partial charge in [0.05, 0.1) is 10.3 Å². The molecule has 1 N–H and O–H groups in total. The van der Waals surface area contributed by atoms with E-state index in [1.165, 1.54) is 27.9 Å². The molecule has 0 unspecified atom stereocenters. The van der Waals surface area contributed by atoms with Crippen LogP contribution in [0.3, 0.4) is 0 Å². The maximum absolute atomic E-state index is 5.41. The van der Waals surface area contributed by atoms with Crippen LogP contribution < -0.4 is 5.32 Å². The van der Waals surface area contributed by atoms with Gasteiger partial charge in [-0.3, -0.25) is 4.99 Å². The molecule has 1 fully saturated rings. The van der Waals surface area contributed by atoms with E-state index in [4.69, 9.17) is 4.74 Å². The fraction of sp³-hybridized carbons (Fsp3) is 0.667. The zero-order chi connectivity index (χ0) is 15.1. The van der Waals surface area contributed by atoms with E-state index < -0.39 is 0 Å². The van der Waals surface area contributed by atoms with Crippen molar-refractivity contribution in [2.75, 3.05) is 33.9 Å². The van der Waals surface area contributed by atoms with Gasteiger partial charge in [-0.15, -0.1) is 35.3 Å². The number of hydrogen-bond donors (Lipinski definition) is 1. The van der Waals surface area contributed by atoms with Gasteiger partial charge < -0.3 is 15.0 Å². The molecule has 0 radical (unpaired) electrons. The highest BCUT2D eigenvalue weighted by Gasteiger charge is 2.15. The standard InChI is InChI=1S/C15H24BrN3OS.HI/c1-17-15(18-11-13-3-4-14(16)21-13)19(2)8-5-12-6-9-20-10-7-12;/h3-4,12H,5-11H2,1-2H3,(H,17,18);1H. The van der Waals surface area contributed by atoms with Crippen LogP contribution in [0.2, 0.25) is 0 Å². The van der Waals surface area contributed by atoms with Crippen molar-refractivity contribution < 1.29 is 4.74 Å². The minimum absolute atomic E-state index is 0. The third-order valence-corrected chi connectivity index (χ3v) is 5.46. The third kappa shape index (κ3) is 6.72. The Labute approximate surface area is 162 Å². The average molecular weight is 502 g/mol. The third-order valence-electron chi connectivity index (χ3n) is 3.84. The number of nitrogens with zero attached hydrogens (tertiary/aromatic N) is 2. The molecule has 0 atom stereocenters. The number of aliphatic imine (C=N–C) groups is 1. The highest BCUT2D eigenvalue weighted by atomic mass is 127. The van der Waals surface area contributed by atoms with Gasteiger partial charge >= 0.3 is 0 Å². The predicted octanol–water partition coefficient (Wildman–Crippen LogP) is 3.95. The Balaban J connectivity index is 0.00000242. The summed E-state index contributed by atoms with van der Waals surface area (Å²) >= 11 is 5.25. The van der Waals surface area contributed by atoms with Gasteiger partial charge in [0.25, 0.3) is 0 Å². The fourth-order valence-electron chi connectivity index (χ4n) is 2.51. The molecule has 1 aromatic rings. The van der Waals surface area contributed by atoms with Crippen molar-refractivity contribution >= 4 is 57.2 Å². The van der Waals surface area contributed by atoms with Gasteiger partial charge in [0.1, 0.15) is 0 Å². The van der Waals surface area contributed by atoms with E-state index >= 15 is 0 Å². The Morgan fingerprint density at radius 1 is 1.45 bits per heavy atom. The van der Waals surface area contributed by atoms with Crippen LogP contribution in [0.5, 0.6) is 0 Å². The second-order valence-electron chi connectivity index (χ2n) is 5.37. The summed E-state index contributed by atoms with van der Waals surface area (Å²) in [4.78, 5) is 7.90. The van der Waals surface area contributed by atoms with Gasteiger partial charge in [-0.1, -0.05) is 0 Å². The topological polar surface area (TPSA) is 36.9 Å². The molecule has 1 aliphatic heterocycles. The Morgan fingerprint density at radius 3 is 2.77 bits per heavy atom. The van der Waals surface area contributed by atoms with Crippen LogP contribution >= 0.6 is 51.2 Å². The van der Waals surface area contributed by atoms with E-state index in [2.05, 4.69) is 50.3 Å². The van der Waals surface area contributed by atoms with E-state index in [1.54, 1.807) is 11.3 Å². The van der Waals surface area contributed by atoms with E-state index in [1.807, 2.05) is 7.05 Å². The van der Waals surface area contributed by atoms with Crippen LogP contribution in [0.1, 0.15) is 24.1 Å². The summed E-state index contributed by atoms with van der Waals surface area (Å²) in [7, 11) is 3.95. The Hall–Kier alpha value is 0.140. The Kier molecular flexibility index (Phi) is 9.94. The maximum Gasteiger partial charge on any atom is 0.193 e. The summed E-state index contributed by atoms with van der Waals surface area (Å²) in [6, 6.07) is 4.22. The van der Waals surface area contributed by atoms with Gasteiger partial charge in [-0.25, -0.2) is 0 Å². The van der Waals surface area contributed by atoms with Crippen LogP contribution in [0.25, 0.3) is 0 Å². The molecule has 2 rings (SSSR count). The molecule has 0 aliphatic carbocycles. The molecular formula is C15H25BrIN3OS. The Morgan fingerprint density at radius 2 is 2.18 bits per heavy atom. The number of thiophene rings is 1. The summed E-state index contributed by atoms with van der Waals surface area (Å²) < 4.78 is 6.58. The van der Waals surface area contributed by atoms with Crippen molar-refractivity contribution in [1.82, 2.24) is 10.2 Å². The first-order chi connectivity index (χ1) is 10.2. The first-order valence-corrected chi connectivity index (χ1v) is 9.03. The van der Waals surface area contributed by atoms with Gasteiger partial charge in [-0.05, 0) is 53.2 Å². The highest BCUT2D eigenvalue weighted by molar-refractivity contribution is 14.0. The molecule has 2 heterocycles. The van der Waals surface area contributed by atoms with Crippen molar-refractivity contribution in [2.45, 2.75) is 25.8 Å². The number of nitrogens with one attached hydrogen (secondary N) is 1. The van der Waals surface area contributed by atoms with Crippen molar-refractivity contribution in [2.24, 2.45) is 10.9 Å². The summed E-state index contributed by atoms with van der Waals surface area (Å²) in [6.45, 7) is 3.71. The molecule has 0 spiro atoms. The Bertz CT molecular complexity index is 463. The highest BCUT2D eigenvalue weighted by Crippen LogP contribution is 2.22. The van der Waals surface area contributed by atoms with Crippen molar-refractivity contribution in [3.8, 4) is 0 Å². The monoisotopic (exact) mass is 501 g/mol.